The van der Waals surface area contributed by atoms with Crippen LogP contribution >= 0.6 is 11.6 Å². The normalized spacial score (nSPS) is 11.8. The van der Waals surface area contributed by atoms with Crippen molar-refractivity contribution < 1.29 is 9.53 Å². The van der Waals surface area contributed by atoms with Gasteiger partial charge in [-0.3, -0.25) is 4.79 Å². The Hall–Kier alpha value is -2.00. The summed E-state index contributed by atoms with van der Waals surface area (Å²) in [6.07, 6.45) is 0. The molecule has 2 aromatic carbocycles. The number of rotatable bonds is 5. The summed E-state index contributed by atoms with van der Waals surface area (Å²) in [5.74, 6) is 0.426. The van der Waals surface area contributed by atoms with Gasteiger partial charge in [0.25, 0.3) is 5.91 Å². The highest BCUT2D eigenvalue weighted by atomic mass is 35.5. The van der Waals surface area contributed by atoms with Crippen molar-refractivity contribution in [1.29, 1.82) is 0 Å². The van der Waals surface area contributed by atoms with E-state index in [0.717, 1.165) is 11.1 Å². The second kappa shape index (κ2) is 7.32. The van der Waals surface area contributed by atoms with Crippen LogP contribution in [0.3, 0.4) is 0 Å². The molecule has 0 aliphatic carbocycles. The van der Waals surface area contributed by atoms with Crippen molar-refractivity contribution in [3.63, 3.8) is 0 Å². The van der Waals surface area contributed by atoms with E-state index in [4.69, 9.17) is 16.3 Å². The molecule has 0 aromatic heterocycles. The first-order valence-corrected chi connectivity index (χ1v) is 7.58. The molecule has 0 saturated carbocycles. The maximum absolute atomic E-state index is 12.0. The summed E-state index contributed by atoms with van der Waals surface area (Å²) in [6, 6.07) is 13.2. The summed E-state index contributed by atoms with van der Waals surface area (Å²) in [5.41, 5.74) is 3.46. The minimum atomic E-state index is -0.159. The Balaban J connectivity index is 1.92. The lowest BCUT2D eigenvalue weighted by Gasteiger charge is -2.17. The Morgan fingerprint density at radius 2 is 2.00 bits per heavy atom. The van der Waals surface area contributed by atoms with E-state index in [9.17, 15) is 4.79 Å². The fourth-order valence-electron chi connectivity index (χ4n) is 2.29. The Bertz CT molecular complexity index is 670. The van der Waals surface area contributed by atoms with Gasteiger partial charge in [-0.25, -0.2) is 0 Å². The molecule has 0 fully saturated rings. The quantitative estimate of drug-likeness (QED) is 0.897. The van der Waals surface area contributed by atoms with Crippen LogP contribution in [0.2, 0.25) is 5.02 Å². The molecule has 0 saturated heterocycles. The van der Waals surface area contributed by atoms with Gasteiger partial charge in [-0.15, -0.1) is 0 Å². The monoisotopic (exact) mass is 317 g/mol. The van der Waals surface area contributed by atoms with E-state index in [-0.39, 0.29) is 18.6 Å². The van der Waals surface area contributed by atoms with Crippen molar-refractivity contribution in [2.75, 3.05) is 6.61 Å². The minimum absolute atomic E-state index is 0.0322. The van der Waals surface area contributed by atoms with Crippen LogP contribution in [-0.4, -0.2) is 12.5 Å². The molecule has 2 aromatic rings. The SMILES string of the molecule is Cc1ccc(C)c([C@H](C)NC(=O)COc2cccc(Cl)c2)c1. The average Bonchev–Trinajstić information content (AvgIpc) is 2.47. The average molecular weight is 318 g/mol. The van der Waals surface area contributed by atoms with Gasteiger partial charge >= 0.3 is 0 Å². The van der Waals surface area contributed by atoms with Crippen LogP contribution in [-0.2, 0) is 4.79 Å². The molecule has 0 spiro atoms. The zero-order chi connectivity index (χ0) is 16.1. The molecule has 1 N–H and O–H groups in total. The summed E-state index contributed by atoms with van der Waals surface area (Å²) < 4.78 is 5.44. The highest BCUT2D eigenvalue weighted by Crippen LogP contribution is 2.19. The summed E-state index contributed by atoms with van der Waals surface area (Å²) in [7, 11) is 0. The van der Waals surface area contributed by atoms with Crippen LogP contribution in [0.5, 0.6) is 5.75 Å². The molecule has 1 amide bonds. The zero-order valence-corrected chi connectivity index (χ0v) is 13.8. The standard InChI is InChI=1S/C18H20ClNO2/c1-12-7-8-13(2)17(9-12)14(3)20-18(21)11-22-16-6-4-5-15(19)10-16/h4-10,14H,11H2,1-3H3,(H,20,21)/t14-/m0/s1. The number of hydrogen-bond donors (Lipinski definition) is 1. The van der Waals surface area contributed by atoms with Gasteiger partial charge in [0, 0.05) is 5.02 Å². The van der Waals surface area contributed by atoms with Gasteiger partial charge in [0.05, 0.1) is 6.04 Å². The molecular formula is C18H20ClNO2. The smallest absolute Gasteiger partial charge is 0.258 e. The van der Waals surface area contributed by atoms with Crippen molar-refractivity contribution in [2.45, 2.75) is 26.8 Å². The number of hydrogen-bond acceptors (Lipinski definition) is 2. The van der Waals surface area contributed by atoms with E-state index in [1.807, 2.05) is 20.8 Å². The topological polar surface area (TPSA) is 38.3 Å². The molecule has 0 aliphatic heterocycles. The van der Waals surface area contributed by atoms with Gasteiger partial charge in [0.2, 0.25) is 0 Å². The highest BCUT2D eigenvalue weighted by Gasteiger charge is 2.12. The lowest BCUT2D eigenvalue weighted by Crippen LogP contribution is -2.31. The maximum Gasteiger partial charge on any atom is 0.258 e. The molecule has 0 radical (unpaired) electrons. The van der Waals surface area contributed by atoms with E-state index < -0.39 is 0 Å². The number of ether oxygens (including phenoxy) is 1. The molecule has 0 aliphatic rings. The highest BCUT2D eigenvalue weighted by molar-refractivity contribution is 6.30. The van der Waals surface area contributed by atoms with Crippen molar-refractivity contribution in [3.8, 4) is 5.75 Å². The first-order valence-electron chi connectivity index (χ1n) is 7.20. The van der Waals surface area contributed by atoms with E-state index in [1.165, 1.54) is 5.56 Å². The molecule has 1 atom stereocenters. The van der Waals surface area contributed by atoms with E-state index in [0.29, 0.717) is 10.8 Å². The predicted octanol–water partition coefficient (Wildman–Crippen LogP) is 4.21. The van der Waals surface area contributed by atoms with Crippen LogP contribution in [0.15, 0.2) is 42.5 Å². The van der Waals surface area contributed by atoms with Crippen molar-refractivity contribution in [2.24, 2.45) is 0 Å². The number of aryl methyl sites for hydroxylation is 2. The molecule has 4 heteroatoms. The third-order valence-corrected chi connectivity index (χ3v) is 3.68. The molecule has 3 nitrogen and oxygen atoms in total. The van der Waals surface area contributed by atoms with E-state index in [1.54, 1.807) is 24.3 Å². The number of carbonyl (C=O) groups is 1. The largest absolute Gasteiger partial charge is 0.484 e. The van der Waals surface area contributed by atoms with Crippen LogP contribution in [0.4, 0.5) is 0 Å². The van der Waals surface area contributed by atoms with Crippen LogP contribution in [0.1, 0.15) is 29.7 Å². The molecule has 0 unspecified atom stereocenters. The first-order chi connectivity index (χ1) is 10.5. The number of nitrogens with one attached hydrogen (secondary N) is 1. The number of carbonyl (C=O) groups excluding carboxylic acids is 1. The molecule has 0 heterocycles. The second-order valence-electron chi connectivity index (χ2n) is 5.40. The number of amides is 1. The van der Waals surface area contributed by atoms with Gasteiger partial charge < -0.3 is 10.1 Å². The lowest BCUT2D eigenvalue weighted by molar-refractivity contribution is -0.123. The van der Waals surface area contributed by atoms with Crippen LogP contribution in [0.25, 0.3) is 0 Å². The lowest BCUT2D eigenvalue weighted by atomic mass is 10.00. The van der Waals surface area contributed by atoms with E-state index in [2.05, 4.69) is 23.5 Å². The molecule has 22 heavy (non-hydrogen) atoms. The van der Waals surface area contributed by atoms with Gasteiger partial charge in [0.1, 0.15) is 5.75 Å². The Morgan fingerprint density at radius 1 is 1.23 bits per heavy atom. The fourth-order valence-corrected chi connectivity index (χ4v) is 2.47. The maximum atomic E-state index is 12.0. The Labute approximate surface area is 136 Å². The van der Waals surface area contributed by atoms with E-state index >= 15 is 0 Å². The fraction of sp³-hybridized carbons (Fsp3) is 0.278. The predicted molar refractivity (Wildman–Crippen MR) is 89.4 cm³/mol. The molecule has 0 bridgehead atoms. The third kappa shape index (κ3) is 4.50. The minimum Gasteiger partial charge on any atom is -0.484 e. The van der Waals surface area contributed by atoms with Crippen molar-refractivity contribution in [3.05, 3.63) is 64.2 Å². The van der Waals surface area contributed by atoms with Gasteiger partial charge in [0.15, 0.2) is 6.61 Å². The first kappa shape index (κ1) is 16.4. The summed E-state index contributed by atoms with van der Waals surface area (Å²) >= 11 is 5.88. The summed E-state index contributed by atoms with van der Waals surface area (Å²) in [6.45, 7) is 6.02. The summed E-state index contributed by atoms with van der Waals surface area (Å²) in [4.78, 5) is 12.0. The molecule has 2 rings (SSSR count). The third-order valence-electron chi connectivity index (χ3n) is 3.44. The van der Waals surface area contributed by atoms with Crippen LogP contribution < -0.4 is 10.1 Å². The second-order valence-corrected chi connectivity index (χ2v) is 5.83. The zero-order valence-electron chi connectivity index (χ0n) is 13.0. The number of halogens is 1. The van der Waals surface area contributed by atoms with Gasteiger partial charge in [-0.05, 0) is 50.1 Å². The van der Waals surface area contributed by atoms with Gasteiger partial charge in [-0.2, -0.15) is 0 Å². The number of benzene rings is 2. The Kier molecular flexibility index (Phi) is 5.45. The molecule has 116 valence electrons. The Morgan fingerprint density at radius 3 is 2.73 bits per heavy atom. The van der Waals surface area contributed by atoms with Crippen molar-refractivity contribution >= 4 is 17.5 Å². The van der Waals surface area contributed by atoms with Crippen LogP contribution in [0, 0.1) is 13.8 Å². The van der Waals surface area contributed by atoms with Crippen molar-refractivity contribution in [1.82, 2.24) is 5.32 Å². The molecular weight excluding hydrogens is 298 g/mol. The van der Waals surface area contributed by atoms with Gasteiger partial charge in [-0.1, -0.05) is 41.4 Å². The summed E-state index contributed by atoms with van der Waals surface area (Å²) in [5, 5.41) is 3.54.